The minimum atomic E-state index is -0.267. The van der Waals surface area contributed by atoms with Crippen LogP contribution in [0.1, 0.15) is 70.6 Å². The standard InChI is InChI=1S/C18H30N2O3/c21-15-10-8-14(9-11-15)19-17(22)16-7-4-12-20(16)18(23)13-5-2-1-3-6-13/h13-16,21H,1-12H2,(H,19,22)/t14?,15?,16-/m0/s1. The number of nitrogens with zero attached hydrogens (tertiary/aromatic N) is 1. The molecular formula is C18H30N2O3. The fourth-order valence-electron chi connectivity index (χ4n) is 4.40. The summed E-state index contributed by atoms with van der Waals surface area (Å²) in [5.41, 5.74) is 0. The maximum absolute atomic E-state index is 12.8. The molecule has 2 aliphatic carbocycles. The molecule has 1 heterocycles. The van der Waals surface area contributed by atoms with E-state index < -0.39 is 0 Å². The Morgan fingerprint density at radius 1 is 0.870 bits per heavy atom. The lowest BCUT2D eigenvalue weighted by molar-refractivity contribution is -0.142. The highest BCUT2D eigenvalue weighted by Gasteiger charge is 2.38. The van der Waals surface area contributed by atoms with Crippen LogP contribution in [0.15, 0.2) is 0 Å². The molecule has 0 radical (unpaired) electrons. The minimum Gasteiger partial charge on any atom is -0.393 e. The summed E-state index contributed by atoms with van der Waals surface area (Å²) in [6.45, 7) is 0.733. The van der Waals surface area contributed by atoms with E-state index >= 15 is 0 Å². The Hall–Kier alpha value is -1.10. The van der Waals surface area contributed by atoms with E-state index in [-0.39, 0.29) is 35.9 Å². The molecule has 23 heavy (non-hydrogen) atoms. The van der Waals surface area contributed by atoms with Crippen molar-refractivity contribution in [2.24, 2.45) is 5.92 Å². The molecule has 2 N–H and O–H groups in total. The molecule has 5 heteroatoms. The molecule has 1 atom stereocenters. The van der Waals surface area contributed by atoms with Crippen LogP contribution in [-0.4, -0.2) is 46.6 Å². The van der Waals surface area contributed by atoms with Crippen molar-refractivity contribution in [1.82, 2.24) is 10.2 Å². The molecular weight excluding hydrogens is 292 g/mol. The number of hydrogen-bond donors (Lipinski definition) is 2. The van der Waals surface area contributed by atoms with Crippen LogP contribution in [0.5, 0.6) is 0 Å². The number of carbonyl (C=O) groups is 2. The first-order chi connectivity index (χ1) is 11.1. The highest BCUT2D eigenvalue weighted by molar-refractivity contribution is 5.89. The lowest BCUT2D eigenvalue weighted by Gasteiger charge is -2.32. The third-order valence-corrected chi connectivity index (χ3v) is 5.84. The van der Waals surface area contributed by atoms with Crippen LogP contribution in [0.2, 0.25) is 0 Å². The monoisotopic (exact) mass is 322 g/mol. The Kier molecular flexibility index (Phi) is 5.57. The largest absolute Gasteiger partial charge is 0.393 e. The zero-order valence-electron chi connectivity index (χ0n) is 14.0. The van der Waals surface area contributed by atoms with Gasteiger partial charge in [0.25, 0.3) is 0 Å². The van der Waals surface area contributed by atoms with Gasteiger partial charge >= 0.3 is 0 Å². The summed E-state index contributed by atoms with van der Waals surface area (Å²) in [6.07, 6.45) is 10.2. The molecule has 3 fully saturated rings. The molecule has 0 spiro atoms. The van der Waals surface area contributed by atoms with Gasteiger partial charge in [-0.1, -0.05) is 19.3 Å². The van der Waals surface area contributed by atoms with E-state index in [1.807, 2.05) is 4.90 Å². The van der Waals surface area contributed by atoms with Crippen LogP contribution in [0.25, 0.3) is 0 Å². The molecule has 5 nitrogen and oxygen atoms in total. The molecule has 3 rings (SSSR count). The van der Waals surface area contributed by atoms with E-state index in [0.717, 1.165) is 70.8 Å². The molecule has 0 aromatic rings. The van der Waals surface area contributed by atoms with Gasteiger partial charge in [0.15, 0.2) is 0 Å². The predicted octanol–water partition coefficient (Wildman–Crippen LogP) is 1.98. The molecule has 2 saturated carbocycles. The maximum atomic E-state index is 12.8. The van der Waals surface area contributed by atoms with Crippen LogP contribution in [-0.2, 0) is 9.59 Å². The second-order valence-corrected chi connectivity index (χ2v) is 7.54. The quantitative estimate of drug-likeness (QED) is 0.835. The highest BCUT2D eigenvalue weighted by Crippen LogP contribution is 2.29. The summed E-state index contributed by atoms with van der Waals surface area (Å²) >= 11 is 0. The van der Waals surface area contributed by atoms with E-state index in [0.29, 0.717) is 0 Å². The van der Waals surface area contributed by atoms with Crippen molar-refractivity contribution < 1.29 is 14.7 Å². The van der Waals surface area contributed by atoms with Crippen LogP contribution in [0, 0.1) is 5.92 Å². The summed E-state index contributed by atoms with van der Waals surface area (Å²) in [7, 11) is 0. The first-order valence-electron chi connectivity index (χ1n) is 9.44. The number of aliphatic hydroxyl groups is 1. The second kappa shape index (κ2) is 7.65. The number of hydrogen-bond acceptors (Lipinski definition) is 3. The molecule has 0 aromatic heterocycles. The molecule has 2 amide bonds. The van der Waals surface area contributed by atoms with E-state index in [4.69, 9.17) is 0 Å². The Balaban J connectivity index is 1.55. The van der Waals surface area contributed by atoms with Gasteiger partial charge in [0, 0.05) is 18.5 Å². The molecule has 1 saturated heterocycles. The van der Waals surface area contributed by atoms with Gasteiger partial charge < -0.3 is 15.3 Å². The predicted molar refractivity (Wildman–Crippen MR) is 87.7 cm³/mol. The van der Waals surface area contributed by atoms with E-state index in [1.54, 1.807) is 0 Å². The number of likely N-dealkylation sites (tertiary alicyclic amines) is 1. The van der Waals surface area contributed by atoms with Crippen molar-refractivity contribution in [3.05, 3.63) is 0 Å². The van der Waals surface area contributed by atoms with Gasteiger partial charge in [0.05, 0.1) is 6.10 Å². The third kappa shape index (κ3) is 4.06. The second-order valence-electron chi connectivity index (χ2n) is 7.54. The molecule has 1 aliphatic heterocycles. The van der Waals surface area contributed by atoms with Crippen LogP contribution >= 0.6 is 0 Å². The Morgan fingerprint density at radius 2 is 1.57 bits per heavy atom. The van der Waals surface area contributed by atoms with Crippen LogP contribution in [0.4, 0.5) is 0 Å². The molecule has 130 valence electrons. The van der Waals surface area contributed by atoms with Crippen molar-refractivity contribution in [3.8, 4) is 0 Å². The number of nitrogens with one attached hydrogen (secondary N) is 1. The Labute approximate surface area is 138 Å². The molecule has 0 unspecified atom stereocenters. The van der Waals surface area contributed by atoms with Gasteiger partial charge in [-0.2, -0.15) is 0 Å². The Morgan fingerprint density at radius 3 is 2.26 bits per heavy atom. The van der Waals surface area contributed by atoms with Crippen molar-refractivity contribution in [3.63, 3.8) is 0 Å². The first kappa shape index (κ1) is 16.7. The van der Waals surface area contributed by atoms with E-state index in [9.17, 15) is 14.7 Å². The fraction of sp³-hybridized carbons (Fsp3) is 0.889. The normalized spacial score (nSPS) is 32.7. The zero-order valence-corrected chi connectivity index (χ0v) is 14.0. The topological polar surface area (TPSA) is 69.6 Å². The summed E-state index contributed by atoms with van der Waals surface area (Å²) in [4.78, 5) is 27.2. The highest BCUT2D eigenvalue weighted by atomic mass is 16.3. The van der Waals surface area contributed by atoms with Crippen molar-refractivity contribution >= 4 is 11.8 Å². The van der Waals surface area contributed by atoms with Crippen molar-refractivity contribution in [1.29, 1.82) is 0 Å². The number of rotatable bonds is 3. The van der Waals surface area contributed by atoms with E-state index in [1.165, 1.54) is 6.42 Å². The SMILES string of the molecule is O=C(NC1CCC(O)CC1)[C@@H]1CCCN1C(=O)C1CCCCC1. The zero-order chi connectivity index (χ0) is 16.2. The summed E-state index contributed by atoms with van der Waals surface area (Å²) < 4.78 is 0. The molecule has 3 aliphatic rings. The number of aliphatic hydroxyl groups excluding tert-OH is 1. The average Bonchev–Trinajstić information content (AvgIpc) is 3.07. The third-order valence-electron chi connectivity index (χ3n) is 5.84. The van der Waals surface area contributed by atoms with Gasteiger partial charge in [-0.25, -0.2) is 0 Å². The molecule has 0 bridgehead atoms. The summed E-state index contributed by atoms with van der Waals surface area (Å²) in [5, 5.41) is 12.7. The van der Waals surface area contributed by atoms with Gasteiger partial charge in [0.2, 0.25) is 11.8 Å². The lowest BCUT2D eigenvalue weighted by Crippen LogP contribution is -2.51. The van der Waals surface area contributed by atoms with Gasteiger partial charge in [-0.05, 0) is 51.4 Å². The van der Waals surface area contributed by atoms with Gasteiger partial charge in [-0.3, -0.25) is 9.59 Å². The number of carbonyl (C=O) groups excluding carboxylic acids is 2. The number of amides is 2. The lowest BCUT2D eigenvalue weighted by atomic mass is 9.88. The van der Waals surface area contributed by atoms with Crippen LogP contribution in [0.3, 0.4) is 0 Å². The smallest absolute Gasteiger partial charge is 0.243 e. The van der Waals surface area contributed by atoms with Gasteiger partial charge in [0.1, 0.15) is 6.04 Å². The average molecular weight is 322 g/mol. The minimum absolute atomic E-state index is 0.0213. The molecule has 0 aromatic carbocycles. The summed E-state index contributed by atoms with van der Waals surface area (Å²) in [5.74, 6) is 0.372. The van der Waals surface area contributed by atoms with Crippen molar-refractivity contribution in [2.45, 2.75) is 88.8 Å². The van der Waals surface area contributed by atoms with Crippen LogP contribution < -0.4 is 5.32 Å². The van der Waals surface area contributed by atoms with Gasteiger partial charge in [-0.15, -0.1) is 0 Å². The van der Waals surface area contributed by atoms with E-state index in [2.05, 4.69) is 5.32 Å². The first-order valence-corrected chi connectivity index (χ1v) is 9.44. The maximum Gasteiger partial charge on any atom is 0.243 e. The van der Waals surface area contributed by atoms with Crippen molar-refractivity contribution in [2.75, 3.05) is 6.54 Å². The Bertz CT molecular complexity index is 426. The fourth-order valence-corrected chi connectivity index (χ4v) is 4.40. The summed E-state index contributed by atoms with van der Waals surface area (Å²) in [6, 6.07) is -0.102.